The van der Waals surface area contributed by atoms with Crippen LogP contribution in [0.4, 0.5) is 0 Å². The molecule has 2 bridgehead atoms. The van der Waals surface area contributed by atoms with Crippen LogP contribution >= 0.6 is 0 Å². The minimum Gasteiger partial charge on any atom is -0.376 e. The van der Waals surface area contributed by atoms with E-state index in [1.807, 2.05) is 6.92 Å². The number of rotatable bonds is 4. The van der Waals surface area contributed by atoms with Gasteiger partial charge in [-0.25, -0.2) is 0 Å². The average molecular weight is 250 g/mol. The van der Waals surface area contributed by atoms with Gasteiger partial charge in [-0.05, 0) is 38.0 Å². The van der Waals surface area contributed by atoms with Gasteiger partial charge in [0.15, 0.2) is 0 Å². The van der Waals surface area contributed by atoms with Crippen molar-refractivity contribution in [2.45, 2.75) is 44.4 Å². The Morgan fingerprint density at radius 1 is 1.39 bits per heavy atom. The summed E-state index contributed by atoms with van der Waals surface area (Å²) in [4.78, 5) is 12.3. The van der Waals surface area contributed by atoms with Gasteiger partial charge in [-0.2, -0.15) is 0 Å². The van der Waals surface area contributed by atoms with Crippen LogP contribution in [-0.2, 0) is 9.53 Å². The summed E-state index contributed by atoms with van der Waals surface area (Å²) in [5.74, 6) is 1.42. The highest BCUT2D eigenvalue weighted by molar-refractivity contribution is 5.80. The van der Waals surface area contributed by atoms with Crippen LogP contribution in [-0.4, -0.2) is 30.7 Å². The summed E-state index contributed by atoms with van der Waals surface area (Å²) in [5.41, 5.74) is 5.96. The molecule has 0 radical (unpaired) electrons. The van der Waals surface area contributed by atoms with Crippen LogP contribution in [0.3, 0.4) is 0 Å². The van der Waals surface area contributed by atoms with Crippen molar-refractivity contribution in [3.8, 4) is 0 Å². The third-order valence-corrected chi connectivity index (χ3v) is 4.67. The van der Waals surface area contributed by atoms with E-state index in [2.05, 4.69) is 17.5 Å². The van der Waals surface area contributed by atoms with Crippen molar-refractivity contribution in [1.29, 1.82) is 0 Å². The first-order valence-corrected chi connectivity index (χ1v) is 7.05. The monoisotopic (exact) mass is 250 g/mol. The summed E-state index contributed by atoms with van der Waals surface area (Å²) in [7, 11) is 0. The van der Waals surface area contributed by atoms with Gasteiger partial charge in [0.05, 0.1) is 12.1 Å². The molecule has 6 atom stereocenters. The van der Waals surface area contributed by atoms with Crippen LogP contribution in [0.15, 0.2) is 12.2 Å². The molecule has 0 heterocycles. The normalized spacial score (nSPS) is 45.0. The van der Waals surface area contributed by atoms with Gasteiger partial charge in [-0.15, -0.1) is 0 Å². The van der Waals surface area contributed by atoms with Gasteiger partial charge < -0.3 is 15.8 Å². The summed E-state index contributed by atoms with van der Waals surface area (Å²) >= 11 is 0. The molecule has 0 saturated heterocycles. The van der Waals surface area contributed by atoms with Crippen molar-refractivity contribution in [2.24, 2.45) is 23.5 Å². The molecule has 6 unspecified atom stereocenters. The molecule has 3 aliphatic rings. The Hall–Kier alpha value is -0.870. The Morgan fingerprint density at radius 2 is 2.22 bits per heavy atom. The van der Waals surface area contributed by atoms with Gasteiger partial charge in [-0.1, -0.05) is 12.2 Å². The van der Waals surface area contributed by atoms with Crippen LogP contribution in [0.2, 0.25) is 0 Å². The minimum atomic E-state index is 0.0144. The lowest BCUT2D eigenvalue weighted by Gasteiger charge is -2.43. The van der Waals surface area contributed by atoms with Crippen LogP contribution in [0, 0.1) is 17.8 Å². The predicted molar refractivity (Wildman–Crippen MR) is 68.8 cm³/mol. The standard InChI is InChI=1S/C14H22N2O2/c1-2-18-12-7-11(15)13(12)16-14(17)10-6-8-3-4-9(10)5-8/h3-4,8-13H,2,5-7,15H2,1H3,(H,16,17). The first-order chi connectivity index (χ1) is 8.69. The molecule has 0 spiro atoms. The summed E-state index contributed by atoms with van der Waals surface area (Å²) in [6, 6.07) is 0.0696. The van der Waals surface area contributed by atoms with Crippen molar-refractivity contribution >= 4 is 5.91 Å². The Labute approximate surface area is 108 Å². The number of ether oxygens (including phenoxy) is 1. The third kappa shape index (κ3) is 1.97. The molecule has 2 saturated carbocycles. The topological polar surface area (TPSA) is 64.3 Å². The number of nitrogens with one attached hydrogen (secondary N) is 1. The molecular weight excluding hydrogens is 228 g/mol. The second-order valence-electron chi connectivity index (χ2n) is 5.81. The number of fused-ring (bicyclic) bond motifs is 2. The van der Waals surface area contributed by atoms with E-state index >= 15 is 0 Å². The Balaban J connectivity index is 1.56. The van der Waals surface area contributed by atoms with Gasteiger partial charge >= 0.3 is 0 Å². The Bertz CT molecular complexity index is 367. The van der Waals surface area contributed by atoms with E-state index in [4.69, 9.17) is 10.5 Å². The largest absolute Gasteiger partial charge is 0.376 e. The molecule has 100 valence electrons. The lowest BCUT2D eigenvalue weighted by molar-refractivity contribution is -0.130. The number of carbonyl (C=O) groups is 1. The molecular formula is C14H22N2O2. The predicted octanol–water partition coefficient (Wildman–Crippen LogP) is 0.819. The molecule has 0 aromatic carbocycles. The zero-order valence-corrected chi connectivity index (χ0v) is 10.8. The lowest BCUT2D eigenvalue weighted by Crippen LogP contribution is -2.65. The fraction of sp³-hybridized carbons (Fsp3) is 0.786. The summed E-state index contributed by atoms with van der Waals surface area (Å²) in [6.07, 6.45) is 7.60. The highest BCUT2D eigenvalue weighted by Gasteiger charge is 2.44. The van der Waals surface area contributed by atoms with E-state index in [9.17, 15) is 4.79 Å². The first-order valence-electron chi connectivity index (χ1n) is 7.05. The molecule has 1 amide bonds. The second-order valence-corrected chi connectivity index (χ2v) is 5.81. The first kappa shape index (κ1) is 12.2. The SMILES string of the molecule is CCOC1CC(N)C1NC(=O)C1CC2C=CC1C2. The number of carbonyl (C=O) groups excluding carboxylic acids is 1. The molecule has 18 heavy (non-hydrogen) atoms. The molecule has 0 aromatic heterocycles. The van der Waals surface area contributed by atoms with Crippen LogP contribution < -0.4 is 11.1 Å². The minimum absolute atomic E-state index is 0.0144. The van der Waals surface area contributed by atoms with Crippen LogP contribution in [0.5, 0.6) is 0 Å². The maximum absolute atomic E-state index is 12.3. The molecule has 2 fully saturated rings. The van der Waals surface area contributed by atoms with E-state index in [1.54, 1.807) is 0 Å². The van der Waals surface area contributed by atoms with Gasteiger partial charge in [-0.3, -0.25) is 4.79 Å². The van der Waals surface area contributed by atoms with Crippen LogP contribution in [0.25, 0.3) is 0 Å². The number of nitrogens with two attached hydrogens (primary N) is 1. The molecule has 4 heteroatoms. The third-order valence-electron chi connectivity index (χ3n) is 4.67. The Kier molecular flexibility index (Phi) is 3.16. The maximum atomic E-state index is 12.3. The molecule has 4 nitrogen and oxygen atoms in total. The van der Waals surface area contributed by atoms with Crippen molar-refractivity contribution in [3.63, 3.8) is 0 Å². The fourth-order valence-corrected chi connectivity index (χ4v) is 3.58. The average Bonchev–Trinajstić information content (AvgIpc) is 2.97. The number of amides is 1. The van der Waals surface area contributed by atoms with Gasteiger partial charge in [0, 0.05) is 18.6 Å². The molecule has 3 N–H and O–H groups in total. The van der Waals surface area contributed by atoms with Gasteiger partial charge in [0.2, 0.25) is 5.91 Å². The fourth-order valence-electron chi connectivity index (χ4n) is 3.58. The van der Waals surface area contributed by atoms with Crippen molar-refractivity contribution in [1.82, 2.24) is 5.32 Å². The highest BCUT2D eigenvalue weighted by Crippen LogP contribution is 2.43. The number of allylic oxidation sites excluding steroid dienone is 2. The lowest BCUT2D eigenvalue weighted by atomic mass is 9.82. The van der Waals surface area contributed by atoms with Crippen molar-refractivity contribution in [2.75, 3.05) is 6.61 Å². The quantitative estimate of drug-likeness (QED) is 0.726. The van der Waals surface area contributed by atoms with Crippen molar-refractivity contribution < 1.29 is 9.53 Å². The van der Waals surface area contributed by atoms with Crippen molar-refractivity contribution in [3.05, 3.63) is 12.2 Å². The molecule has 0 aromatic rings. The Morgan fingerprint density at radius 3 is 2.78 bits per heavy atom. The van der Waals surface area contributed by atoms with E-state index in [-0.39, 0.29) is 30.0 Å². The summed E-state index contributed by atoms with van der Waals surface area (Å²) in [6.45, 7) is 2.66. The van der Waals surface area contributed by atoms with Gasteiger partial charge in [0.25, 0.3) is 0 Å². The zero-order valence-electron chi connectivity index (χ0n) is 10.8. The number of hydrogen-bond donors (Lipinski definition) is 2. The zero-order chi connectivity index (χ0) is 12.7. The maximum Gasteiger partial charge on any atom is 0.224 e. The molecule has 0 aliphatic heterocycles. The van der Waals surface area contributed by atoms with E-state index in [1.165, 1.54) is 0 Å². The summed E-state index contributed by atoms with van der Waals surface area (Å²) < 4.78 is 5.58. The van der Waals surface area contributed by atoms with E-state index in [0.29, 0.717) is 18.4 Å². The van der Waals surface area contributed by atoms with Crippen LogP contribution in [0.1, 0.15) is 26.2 Å². The highest BCUT2D eigenvalue weighted by atomic mass is 16.5. The smallest absolute Gasteiger partial charge is 0.224 e. The van der Waals surface area contributed by atoms with E-state index in [0.717, 1.165) is 19.3 Å². The van der Waals surface area contributed by atoms with E-state index < -0.39 is 0 Å². The molecule has 3 rings (SSSR count). The van der Waals surface area contributed by atoms with Gasteiger partial charge in [0.1, 0.15) is 0 Å². The number of hydrogen-bond acceptors (Lipinski definition) is 3. The molecule has 3 aliphatic carbocycles. The second kappa shape index (κ2) is 4.67. The summed E-state index contributed by atoms with van der Waals surface area (Å²) in [5, 5.41) is 3.10.